The molecule has 0 aromatic heterocycles. The smallest absolute Gasteiger partial charge is 0.127 e. The van der Waals surface area contributed by atoms with Crippen LogP contribution in [0.3, 0.4) is 0 Å². The first-order valence-electron chi connectivity index (χ1n) is 4.88. The summed E-state index contributed by atoms with van der Waals surface area (Å²) in [5.41, 5.74) is 1.57. The number of benzene rings is 1. The zero-order valence-electron chi connectivity index (χ0n) is 8.70. The highest BCUT2D eigenvalue weighted by Gasteiger charge is 2.04. The third-order valence-electron chi connectivity index (χ3n) is 2.11. The van der Waals surface area contributed by atoms with E-state index < -0.39 is 6.10 Å². The van der Waals surface area contributed by atoms with Crippen molar-refractivity contribution in [3.63, 3.8) is 0 Å². The molecule has 0 spiro atoms. The van der Waals surface area contributed by atoms with Crippen molar-refractivity contribution in [1.29, 1.82) is 0 Å². The molecular formula is C11H16FNO2. The van der Waals surface area contributed by atoms with Gasteiger partial charge in [0.1, 0.15) is 5.82 Å². The molecule has 0 bridgehead atoms. The highest BCUT2D eigenvalue weighted by molar-refractivity contribution is 5.23. The minimum absolute atomic E-state index is 0.254. The Morgan fingerprint density at radius 1 is 1.47 bits per heavy atom. The van der Waals surface area contributed by atoms with Crippen LogP contribution >= 0.6 is 0 Å². The summed E-state index contributed by atoms with van der Waals surface area (Å²) in [6.45, 7) is 2.21. The molecule has 0 amide bonds. The van der Waals surface area contributed by atoms with Gasteiger partial charge in [-0.25, -0.2) is 4.39 Å². The normalized spacial score (nSPS) is 12.8. The van der Waals surface area contributed by atoms with Crippen molar-refractivity contribution in [1.82, 2.24) is 5.32 Å². The molecule has 3 nitrogen and oxygen atoms in total. The van der Waals surface area contributed by atoms with E-state index in [1.165, 1.54) is 6.07 Å². The summed E-state index contributed by atoms with van der Waals surface area (Å²) < 4.78 is 13.2. The number of aliphatic hydroxyl groups is 2. The molecule has 1 aromatic carbocycles. The van der Waals surface area contributed by atoms with E-state index in [1.54, 1.807) is 12.1 Å². The Hall–Kier alpha value is -0.970. The van der Waals surface area contributed by atoms with E-state index in [1.807, 2.05) is 6.92 Å². The van der Waals surface area contributed by atoms with Gasteiger partial charge in [-0.05, 0) is 13.0 Å². The molecule has 0 aliphatic carbocycles. The molecule has 0 heterocycles. The molecule has 0 fully saturated rings. The maximum Gasteiger partial charge on any atom is 0.127 e. The van der Waals surface area contributed by atoms with Crippen LogP contribution in [-0.4, -0.2) is 29.5 Å². The summed E-state index contributed by atoms with van der Waals surface area (Å²) >= 11 is 0. The lowest BCUT2D eigenvalue weighted by molar-refractivity contribution is 0.0941. The van der Waals surface area contributed by atoms with Gasteiger partial charge in [0.05, 0.1) is 12.7 Å². The Morgan fingerprint density at radius 3 is 2.87 bits per heavy atom. The van der Waals surface area contributed by atoms with E-state index in [0.29, 0.717) is 12.1 Å². The second kappa shape index (κ2) is 5.80. The molecule has 1 atom stereocenters. The highest BCUT2D eigenvalue weighted by Crippen LogP contribution is 2.09. The molecule has 3 N–H and O–H groups in total. The lowest BCUT2D eigenvalue weighted by atomic mass is 10.1. The predicted molar refractivity (Wildman–Crippen MR) is 55.9 cm³/mol. The molecule has 0 saturated heterocycles. The van der Waals surface area contributed by atoms with E-state index in [-0.39, 0.29) is 19.0 Å². The molecule has 0 aliphatic rings. The zero-order chi connectivity index (χ0) is 11.3. The first-order chi connectivity index (χ1) is 7.13. The number of rotatable bonds is 5. The van der Waals surface area contributed by atoms with E-state index >= 15 is 0 Å². The lowest BCUT2D eigenvalue weighted by Crippen LogP contribution is -2.29. The summed E-state index contributed by atoms with van der Waals surface area (Å²) in [4.78, 5) is 0. The van der Waals surface area contributed by atoms with Gasteiger partial charge < -0.3 is 15.5 Å². The zero-order valence-corrected chi connectivity index (χ0v) is 8.70. The number of halogens is 1. The molecule has 0 saturated carbocycles. The largest absolute Gasteiger partial charge is 0.394 e. The lowest BCUT2D eigenvalue weighted by Gasteiger charge is -2.09. The number of aryl methyl sites for hydroxylation is 1. The van der Waals surface area contributed by atoms with Crippen LogP contribution in [0.4, 0.5) is 4.39 Å². The second-order valence-corrected chi connectivity index (χ2v) is 3.56. The molecule has 0 aliphatic heterocycles. The molecule has 1 aromatic rings. The van der Waals surface area contributed by atoms with Crippen molar-refractivity contribution in [2.45, 2.75) is 19.6 Å². The number of nitrogens with one attached hydrogen (secondary N) is 1. The molecule has 0 radical (unpaired) electrons. The molecular weight excluding hydrogens is 197 g/mol. The van der Waals surface area contributed by atoms with Crippen LogP contribution in [0.1, 0.15) is 11.1 Å². The first-order valence-corrected chi connectivity index (χ1v) is 4.88. The van der Waals surface area contributed by atoms with Gasteiger partial charge in [-0.15, -0.1) is 0 Å². The fraction of sp³-hybridized carbons (Fsp3) is 0.455. The average Bonchev–Trinajstić information content (AvgIpc) is 2.23. The third-order valence-corrected chi connectivity index (χ3v) is 2.11. The van der Waals surface area contributed by atoms with Gasteiger partial charge in [-0.3, -0.25) is 0 Å². The second-order valence-electron chi connectivity index (χ2n) is 3.56. The molecule has 84 valence electrons. The van der Waals surface area contributed by atoms with Crippen molar-refractivity contribution >= 4 is 0 Å². The van der Waals surface area contributed by atoms with Crippen LogP contribution < -0.4 is 5.32 Å². The van der Waals surface area contributed by atoms with Crippen molar-refractivity contribution in [3.05, 3.63) is 35.1 Å². The Balaban J connectivity index is 2.46. The van der Waals surface area contributed by atoms with Crippen LogP contribution in [0.15, 0.2) is 18.2 Å². The summed E-state index contributed by atoms with van der Waals surface area (Å²) in [5, 5.41) is 20.5. The van der Waals surface area contributed by atoms with Crippen LogP contribution in [-0.2, 0) is 6.54 Å². The Labute approximate surface area is 88.6 Å². The van der Waals surface area contributed by atoms with Crippen LogP contribution in [0.2, 0.25) is 0 Å². The first kappa shape index (κ1) is 12.1. The Bertz CT molecular complexity index is 317. The summed E-state index contributed by atoms with van der Waals surface area (Å²) in [7, 11) is 0. The van der Waals surface area contributed by atoms with Gasteiger partial charge >= 0.3 is 0 Å². The van der Waals surface area contributed by atoms with E-state index in [0.717, 1.165) is 5.56 Å². The summed E-state index contributed by atoms with van der Waals surface area (Å²) in [5.74, 6) is -0.258. The maximum absolute atomic E-state index is 13.2. The van der Waals surface area contributed by atoms with Crippen LogP contribution in [0.25, 0.3) is 0 Å². The van der Waals surface area contributed by atoms with E-state index in [4.69, 9.17) is 10.2 Å². The van der Waals surface area contributed by atoms with E-state index in [9.17, 15) is 4.39 Å². The van der Waals surface area contributed by atoms with Crippen LogP contribution in [0.5, 0.6) is 0 Å². The minimum atomic E-state index is -0.794. The standard InChI is InChI=1S/C11H16FNO2/c1-8-2-3-11(12)9(4-8)5-13-6-10(15)7-14/h2-4,10,13-15H,5-7H2,1H3/t10-/m1/s1. The monoisotopic (exact) mass is 213 g/mol. The molecule has 4 heteroatoms. The number of aliphatic hydroxyl groups excluding tert-OH is 2. The SMILES string of the molecule is Cc1ccc(F)c(CNC[C@@H](O)CO)c1. The fourth-order valence-corrected chi connectivity index (χ4v) is 1.28. The third kappa shape index (κ3) is 3.95. The average molecular weight is 213 g/mol. The van der Waals surface area contributed by atoms with Gasteiger partial charge in [0.25, 0.3) is 0 Å². The van der Waals surface area contributed by atoms with Crippen molar-refractivity contribution in [3.8, 4) is 0 Å². The van der Waals surface area contributed by atoms with Gasteiger partial charge in [-0.2, -0.15) is 0 Å². The quantitative estimate of drug-likeness (QED) is 0.670. The van der Waals surface area contributed by atoms with Crippen LogP contribution in [0, 0.1) is 12.7 Å². The summed E-state index contributed by atoms with van der Waals surface area (Å²) in [6.07, 6.45) is -0.794. The van der Waals surface area contributed by atoms with Gasteiger partial charge in [0.15, 0.2) is 0 Å². The topological polar surface area (TPSA) is 52.5 Å². The van der Waals surface area contributed by atoms with Crippen molar-refractivity contribution in [2.24, 2.45) is 0 Å². The van der Waals surface area contributed by atoms with Gasteiger partial charge in [0.2, 0.25) is 0 Å². The maximum atomic E-state index is 13.2. The summed E-state index contributed by atoms with van der Waals surface area (Å²) in [6, 6.07) is 4.89. The van der Waals surface area contributed by atoms with Gasteiger partial charge in [0, 0.05) is 18.7 Å². The molecule has 15 heavy (non-hydrogen) atoms. The predicted octanol–water partition coefficient (Wildman–Crippen LogP) is 0.577. The molecule has 1 rings (SSSR count). The minimum Gasteiger partial charge on any atom is -0.394 e. The van der Waals surface area contributed by atoms with Gasteiger partial charge in [-0.1, -0.05) is 17.7 Å². The number of hydrogen-bond donors (Lipinski definition) is 3. The Morgan fingerprint density at radius 2 is 2.20 bits per heavy atom. The Kier molecular flexibility index (Phi) is 4.68. The number of hydrogen-bond acceptors (Lipinski definition) is 3. The van der Waals surface area contributed by atoms with Crippen molar-refractivity contribution in [2.75, 3.05) is 13.2 Å². The highest BCUT2D eigenvalue weighted by atomic mass is 19.1. The molecule has 0 unspecified atom stereocenters. The van der Waals surface area contributed by atoms with Crippen molar-refractivity contribution < 1.29 is 14.6 Å². The van der Waals surface area contributed by atoms with E-state index in [2.05, 4.69) is 5.32 Å². The fourth-order valence-electron chi connectivity index (χ4n) is 1.28.